The molecule has 0 bridgehead atoms. The van der Waals surface area contributed by atoms with E-state index in [2.05, 4.69) is 52.9 Å². The molecule has 5 heteroatoms. The average Bonchev–Trinajstić information content (AvgIpc) is 2.95. The Labute approximate surface area is 119 Å². The van der Waals surface area contributed by atoms with Gasteiger partial charge in [-0.05, 0) is 59.9 Å². The number of benzene rings is 1. The van der Waals surface area contributed by atoms with E-state index in [0.29, 0.717) is 6.04 Å². The van der Waals surface area contributed by atoms with Crippen LogP contribution >= 0.6 is 0 Å². The van der Waals surface area contributed by atoms with E-state index in [-0.39, 0.29) is 0 Å². The van der Waals surface area contributed by atoms with Crippen molar-refractivity contribution in [1.29, 1.82) is 0 Å². The van der Waals surface area contributed by atoms with Crippen LogP contribution in [-0.4, -0.2) is 26.2 Å². The Morgan fingerprint density at radius 2 is 2.10 bits per heavy atom. The normalized spacial score (nSPS) is 22.7. The summed E-state index contributed by atoms with van der Waals surface area (Å²) in [5.74, 6) is 0.753. The second-order valence-electron chi connectivity index (χ2n) is 5.77. The lowest BCUT2D eigenvalue weighted by atomic mass is 9.86. The smallest absolute Gasteiger partial charge is 0.143 e. The molecule has 3 rings (SSSR count). The third-order valence-corrected chi connectivity index (χ3v) is 4.26. The van der Waals surface area contributed by atoms with Crippen LogP contribution in [0.1, 0.15) is 38.2 Å². The Balaban J connectivity index is 1.77. The summed E-state index contributed by atoms with van der Waals surface area (Å²) in [5.41, 5.74) is 3.39. The Morgan fingerprint density at radius 1 is 1.25 bits per heavy atom. The number of tetrazole rings is 1. The molecule has 0 spiro atoms. The fourth-order valence-corrected chi connectivity index (χ4v) is 3.02. The average molecular weight is 271 g/mol. The maximum atomic E-state index is 3.94. The van der Waals surface area contributed by atoms with Crippen molar-refractivity contribution in [2.24, 2.45) is 5.92 Å². The van der Waals surface area contributed by atoms with Gasteiger partial charge in [0, 0.05) is 11.7 Å². The third-order valence-electron chi connectivity index (χ3n) is 4.26. The molecule has 1 aromatic carbocycles. The third kappa shape index (κ3) is 2.66. The van der Waals surface area contributed by atoms with Crippen LogP contribution < -0.4 is 5.32 Å². The molecule has 2 unspecified atom stereocenters. The zero-order chi connectivity index (χ0) is 13.9. The van der Waals surface area contributed by atoms with E-state index in [0.717, 1.165) is 11.6 Å². The van der Waals surface area contributed by atoms with Gasteiger partial charge in [-0.2, -0.15) is 0 Å². The van der Waals surface area contributed by atoms with Crippen molar-refractivity contribution in [3.05, 3.63) is 30.1 Å². The maximum absolute atomic E-state index is 3.94. The summed E-state index contributed by atoms with van der Waals surface area (Å²) in [4.78, 5) is 0. The van der Waals surface area contributed by atoms with Gasteiger partial charge in [0.15, 0.2) is 0 Å². The highest BCUT2D eigenvalue weighted by Crippen LogP contribution is 2.27. The van der Waals surface area contributed by atoms with Crippen LogP contribution in [0.25, 0.3) is 5.69 Å². The van der Waals surface area contributed by atoms with Crippen LogP contribution in [-0.2, 0) is 0 Å². The van der Waals surface area contributed by atoms with Crippen LogP contribution in [0.5, 0.6) is 0 Å². The van der Waals surface area contributed by atoms with Gasteiger partial charge in [0.25, 0.3) is 0 Å². The molecule has 1 N–H and O–H groups in total. The zero-order valence-corrected chi connectivity index (χ0v) is 12.1. The Hall–Kier alpha value is -1.91. The van der Waals surface area contributed by atoms with Crippen molar-refractivity contribution in [1.82, 2.24) is 20.2 Å². The first-order valence-electron chi connectivity index (χ1n) is 7.34. The largest absolute Gasteiger partial charge is 0.382 e. The fraction of sp³-hybridized carbons (Fsp3) is 0.533. The van der Waals surface area contributed by atoms with E-state index < -0.39 is 0 Å². The molecule has 2 atom stereocenters. The minimum absolute atomic E-state index is 0.599. The molecular weight excluding hydrogens is 250 g/mol. The molecule has 1 heterocycles. The van der Waals surface area contributed by atoms with Gasteiger partial charge in [0.05, 0.1) is 5.69 Å². The highest BCUT2D eigenvalue weighted by Gasteiger charge is 2.21. The van der Waals surface area contributed by atoms with Crippen LogP contribution in [0.2, 0.25) is 0 Å². The highest BCUT2D eigenvalue weighted by molar-refractivity contribution is 5.53. The van der Waals surface area contributed by atoms with Gasteiger partial charge in [-0.25, -0.2) is 4.68 Å². The van der Waals surface area contributed by atoms with Crippen LogP contribution in [0, 0.1) is 12.8 Å². The lowest BCUT2D eigenvalue weighted by molar-refractivity contribution is 0.349. The molecule has 0 amide bonds. The molecule has 1 aromatic heterocycles. The van der Waals surface area contributed by atoms with E-state index in [9.17, 15) is 0 Å². The first kappa shape index (κ1) is 13.1. The number of anilines is 1. The second-order valence-corrected chi connectivity index (χ2v) is 5.77. The predicted molar refractivity (Wildman–Crippen MR) is 78.9 cm³/mol. The van der Waals surface area contributed by atoms with Gasteiger partial charge < -0.3 is 5.32 Å². The molecule has 1 fully saturated rings. The monoisotopic (exact) mass is 271 g/mol. The lowest BCUT2D eigenvalue weighted by Gasteiger charge is -2.30. The minimum atomic E-state index is 0.599. The predicted octanol–water partition coefficient (Wildman–Crippen LogP) is 2.96. The van der Waals surface area contributed by atoms with Crippen molar-refractivity contribution in [3.8, 4) is 5.69 Å². The summed E-state index contributed by atoms with van der Waals surface area (Å²) in [6.45, 7) is 4.44. The molecule has 0 aliphatic heterocycles. The van der Waals surface area contributed by atoms with E-state index in [1.165, 1.54) is 36.9 Å². The van der Waals surface area contributed by atoms with Crippen LogP contribution in [0.3, 0.4) is 0 Å². The van der Waals surface area contributed by atoms with Crippen molar-refractivity contribution in [2.45, 2.75) is 45.6 Å². The van der Waals surface area contributed by atoms with Crippen LogP contribution in [0.15, 0.2) is 24.5 Å². The number of hydrogen-bond donors (Lipinski definition) is 1. The summed E-state index contributed by atoms with van der Waals surface area (Å²) in [6, 6.07) is 6.97. The lowest BCUT2D eigenvalue weighted by Crippen LogP contribution is -2.30. The summed E-state index contributed by atoms with van der Waals surface area (Å²) >= 11 is 0. The molecule has 2 aromatic rings. The Bertz CT molecular complexity index is 564. The number of hydrogen-bond acceptors (Lipinski definition) is 4. The van der Waals surface area contributed by atoms with Gasteiger partial charge in [0.1, 0.15) is 6.33 Å². The van der Waals surface area contributed by atoms with E-state index in [1.807, 2.05) is 0 Å². The minimum Gasteiger partial charge on any atom is -0.382 e. The number of aromatic nitrogens is 4. The SMILES string of the molecule is Cc1cc(NC2CCCCC2C)ccc1-n1cnnn1. The second kappa shape index (κ2) is 5.61. The molecule has 0 saturated heterocycles. The van der Waals surface area contributed by atoms with Crippen molar-refractivity contribution >= 4 is 5.69 Å². The van der Waals surface area contributed by atoms with Gasteiger partial charge in [-0.15, -0.1) is 5.10 Å². The molecular formula is C15H21N5. The van der Waals surface area contributed by atoms with E-state index in [4.69, 9.17) is 0 Å². The molecule has 1 aliphatic carbocycles. The molecule has 1 aliphatic rings. The number of nitrogens with zero attached hydrogens (tertiary/aromatic N) is 4. The fourth-order valence-electron chi connectivity index (χ4n) is 3.02. The number of rotatable bonds is 3. The summed E-state index contributed by atoms with van der Waals surface area (Å²) in [5, 5.41) is 15.0. The van der Waals surface area contributed by atoms with Crippen LogP contribution in [0.4, 0.5) is 5.69 Å². The van der Waals surface area contributed by atoms with Gasteiger partial charge in [-0.3, -0.25) is 0 Å². The molecule has 1 saturated carbocycles. The Morgan fingerprint density at radius 3 is 2.80 bits per heavy atom. The Kier molecular flexibility index (Phi) is 3.67. The standard InChI is InChI=1S/C15H21N5/c1-11-5-3-4-6-14(11)17-13-7-8-15(12(2)9-13)20-10-16-18-19-20/h7-11,14,17H,3-6H2,1-2H3. The summed E-state index contributed by atoms with van der Waals surface area (Å²) in [6.07, 6.45) is 6.94. The molecule has 20 heavy (non-hydrogen) atoms. The maximum Gasteiger partial charge on any atom is 0.143 e. The van der Waals surface area contributed by atoms with E-state index in [1.54, 1.807) is 11.0 Å². The quantitative estimate of drug-likeness (QED) is 0.932. The zero-order valence-electron chi connectivity index (χ0n) is 12.1. The molecule has 0 radical (unpaired) electrons. The summed E-state index contributed by atoms with van der Waals surface area (Å²) < 4.78 is 1.70. The van der Waals surface area contributed by atoms with Gasteiger partial charge in [-0.1, -0.05) is 19.8 Å². The highest BCUT2D eigenvalue weighted by atomic mass is 15.5. The molecule has 106 valence electrons. The van der Waals surface area contributed by atoms with E-state index >= 15 is 0 Å². The number of aryl methyl sites for hydroxylation is 1. The van der Waals surface area contributed by atoms with Gasteiger partial charge >= 0.3 is 0 Å². The molecule has 5 nitrogen and oxygen atoms in total. The van der Waals surface area contributed by atoms with Crippen molar-refractivity contribution in [3.63, 3.8) is 0 Å². The van der Waals surface area contributed by atoms with Crippen molar-refractivity contribution < 1.29 is 0 Å². The summed E-state index contributed by atoms with van der Waals surface area (Å²) in [7, 11) is 0. The van der Waals surface area contributed by atoms with Gasteiger partial charge in [0.2, 0.25) is 0 Å². The topological polar surface area (TPSA) is 55.6 Å². The number of nitrogens with one attached hydrogen (secondary N) is 1. The first-order valence-corrected chi connectivity index (χ1v) is 7.34. The first-order chi connectivity index (χ1) is 9.74. The van der Waals surface area contributed by atoms with Crippen molar-refractivity contribution in [2.75, 3.05) is 5.32 Å².